The van der Waals surface area contributed by atoms with Crippen LogP contribution in [0.15, 0.2) is 60.9 Å². The zero-order valence-electron chi connectivity index (χ0n) is 20.3. The van der Waals surface area contributed by atoms with Crippen LogP contribution in [0.3, 0.4) is 0 Å². The molecule has 2 heterocycles. The number of hydrogen-bond donors (Lipinski definition) is 1. The molecule has 6 heteroatoms. The number of benzene rings is 1. The highest BCUT2D eigenvalue weighted by Gasteiger charge is 2.67. The van der Waals surface area contributed by atoms with E-state index in [1.54, 1.807) is 17.3 Å². The molecular weight excluding hydrogens is 450 g/mol. The molecule has 0 unspecified atom stereocenters. The van der Waals surface area contributed by atoms with Gasteiger partial charge in [-0.05, 0) is 97.6 Å². The molecule has 184 valence electrons. The van der Waals surface area contributed by atoms with E-state index in [4.69, 9.17) is 0 Å². The summed E-state index contributed by atoms with van der Waals surface area (Å²) in [4.78, 5) is 45.4. The molecule has 6 nitrogen and oxygen atoms in total. The molecule has 8 rings (SSSR count). The molecule has 1 aromatic heterocycles. The van der Waals surface area contributed by atoms with Gasteiger partial charge in [-0.1, -0.05) is 24.3 Å². The number of amides is 3. The number of anilines is 1. The maximum absolute atomic E-state index is 13.4. The van der Waals surface area contributed by atoms with Gasteiger partial charge >= 0.3 is 0 Å². The lowest BCUT2D eigenvalue weighted by Crippen LogP contribution is -2.44. The Bertz CT molecular complexity index is 1200. The lowest BCUT2D eigenvalue weighted by molar-refractivity contribution is -0.144. The zero-order chi connectivity index (χ0) is 24.4. The molecule has 1 saturated heterocycles. The van der Waals surface area contributed by atoms with Crippen molar-refractivity contribution in [3.8, 4) is 0 Å². The summed E-state index contributed by atoms with van der Waals surface area (Å²) < 4.78 is 0. The van der Waals surface area contributed by atoms with Gasteiger partial charge in [0.25, 0.3) is 0 Å². The molecule has 0 radical (unpaired) electrons. The highest BCUT2D eigenvalue weighted by atomic mass is 16.2. The predicted octanol–water partition coefficient (Wildman–Crippen LogP) is 4.22. The molecule has 0 spiro atoms. The normalized spacial score (nSPS) is 35.9. The monoisotopic (exact) mass is 481 g/mol. The Morgan fingerprint density at radius 1 is 0.833 bits per heavy atom. The van der Waals surface area contributed by atoms with Gasteiger partial charge in [0.2, 0.25) is 17.7 Å². The van der Waals surface area contributed by atoms with Gasteiger partial charge < -0.3 is 5.32 Å². The second-order valence-electron chi connectivity index (χ2n) is 11.4. The fourth-order valence-electron chi connectivity index (χ4n) is 7.62. The topological polar surface area (TPSA) is 79.4 Å². The van der Waals surface area contributed by atoms with Gasteiger partial charge in [0.1, 0.15) is 0 Å². The Balaban J connectivity index is 0.950. The van der Waals surface area contributed by atoms with Crippen molar-refractivity contribution in [1.29, 1.82) is 0 Å². The van der Waals surface area contributed by atoms with Gasteiger partial charge in [0.05, 0.1) is 11.8 Å². The fourth-order valence-corrected chi connectivity index (χ4v) is 7.62. The van der Waals surface area contributed by atoms with Crippen molar-refractivity contribution in [2.75, 3.05) is 5.32 Å². The third kappa shape index (κ3) is 3.53. The van der Waals surface area contributed by atoms with Crippen LogP contribution < -0.4 is 5.32 Å². The predicted molar refractivity (Wildman–Crippen MR) is 134 cm³/mol. The second-order valence-corrected chi connectivity index (χ2v) is 11.4. The number of likely N-dealkylation sites (tertiary alicyclic amines) is 1. The minimum atomic E-state index is -0.126. The summed E-state index contributed by atoms with van der Waals surface area (Å²) in [5.41, 5.74) is 3.19. The molecule has 2 aromatic rings. The van der Waals surface area contributed by atoms with Crippen molar-refractivity contribution in [3.05, 3.63) is 72.1 Å². The van der Waals surface area contributed by atoms with E-state index in [0.29, 0.717) is 24.7 Å². The maximum atomic E-state index is 13.4. The molecule has 1 aromatic carbocycles. The first-order valence-corrected chi connectivity index (χ1v) is 13.4. The highest BCUT2D eigenvalue weighted by molar-refractivity contribution is 6.06. The quantitative estimate of drug-likeness (QED) is 0.512. The Morgan fingerprint density at radius 2 is 1.42 bits per heavy atom. The molecule has 6 aliphatic rings. The van der Waals surface area contributed by atoms with Gasteiger partial charge in [-0.3, -0.25) is 24.3 Å². The van der Waals surface area contributed by atoms with Gasteiger partial charge in [-0.15, -0.1) is 0 Å². The Kier molecular flexibility index (Phi) is 5.12. The van der Waals surface area contributed by atoms with Gasteiger partial charge in [-0.25, -0.2) is 0 Å². The Morgan fingerprint density at radius 3 is 2.03 bits per heavy atom. The number of rotatable bonds is 5. The summed E-state index contributed by atoms with van der Waals surface area (Å²) in [5.74, 6) is 1.61. The molecule has 3 amide bonds. The lowest BCUT2D eigenvalue weighted by Gasteiger charge is -2.37. The number of pyridine rings is 1. The first kappa shape index (κ1) is 22.0. The maximum Gasteiger partial charge on any atom is 0.233 e. The van der Waals surface area contributed by atoms with Gasteiger partial charge in [0, 0.05) is 30.0 Å². The molecule has 36 heavy (non-hydrogen) atoms. The van der Waals surface area contributed by atoms with Crippen LogP contribution in [0.1, 0.15) is 43.2 Å². The SMILES string of the molecule is O=C(Nc1ccc(Cc2ccncc2)cc1)C1CCC(N2C(=O)[C@H]3[C@@H]4C=C[C@H]([C@@H]5C[C@H]45)[C@@H]3C2=O)CC1. The fraction of sp³-hybridized carbons (Fsp3) is 0.467. The zero-order valence-corrected chi connectivity index (χ0v) is 20.3. The van der Waals surface area contributed by atoms with Crippen molar-refractivity contribution in [3.63, 3.8) is 0 Å². The van der Waals surface area contributed by atoms with Crippen molar-refractivity contribution >= 4 is 23.4 Å². The van der Waals surface area contributed by atoms with Crippen molar-refractivity contribution in [2.24, 2.45) is 41.4 Å². The lowest BCUT2D eigenvalue weighted by atomic mass is 9.63. The summed E-state index contributed by atoms with van der Waals surface area (Å²) in [7, 11) is 0. The largest absolute Gasteiger partial charge is 0.326 e. The van der Waals surface area contributed by atoms with Crippen molar-refractivity contribution in [1.82, 2.24) is 9.88 Å². The molecule has 2 bridgehead atoms. The van der Waals surface area contributed by atoms with E-state index in [1.807, 2.05) is 36.4 Å². The van der Waals surface area contributed by atoms with Crippen LogP contribution in [0.5, 0.6) is 0 Å². The van der Waals surface area contributed by atoms with E-state index in [9.17, 15) is 14.4 Å². The van der Waals surface area contributed by atoms with Crippen LogP contribution in [-0.4, -0.2) is 33.6 Å². The summed E-state index contributed by atoms with van der Waals surface area (Å²) in [6, 6.07) is 12.0. The van der Waals surface area contributed by atoms with Crippen LogP contribution in [-0.2, 0) is 20.8 Å². The third-order valence-electron chi connectivity index (χ3n) is 9.51. The molecule has 4 fully saturated rings. The summed E-state index contributed by atoms with van der Waals surface area (Å²) in [6.45, 7) is 0. The number of aromatic nitrogens is 1. The van der Waals surface area contributed by atoms with Gasteiger partial charge in [0.15, 0.2) is 0 Å². The first-order valence-electron chi connectivity index (χ1n) is 13.4. The Hall–Kier alpha value is -3.28. The van der Waals surface area contributed by atoms with E-state index in [0.717, 1.165) is 24.9 Å². The van der Waals surface area contributed by atoms with E-state index in [1.165, 1.54) is 17.5 Å². The number of carbonyl (C=O) groups is 3. The number of imide groups is 1. The molecule has 1 N–H and O–H groups in total. The number of nitrogens with one attached hydrogen (secondary N) is 1. The first-order chi connectivity index (χ1) is 17.6. The van der Waals surface area contributed by atoms with E-state index >= 15 is 0 Å². The molecule has 3 saturated carbocycles. The highest BCUT2D eigenvalue weighted by Crippen LogP contribution is 2.65. The summed E-state index contributed by atoms with van der Waals surface area (Å²) in [6.07, 6.45) is 12.9. The average Bonchev–Trinajstić information content (AvgIpc) is 3.69. The molecule has 6 atom stereocenters. The summed E-state index contributed by atoms with van der Waals surface area (Å²) in [5, 5.41) is 3.07. The van der Waals surface area contributed by atoms with E-state index < -0.39 is 0 Å². The van der Waals surface area contributed by atoms with Crippen LogP contribution in [0.4, 0.5) is 5.69 Å². The summed E-state index contributed by atoms with van der Waals surface area (Å²) >= 11 is 0. The second kappa shape index (κ2) is 8.39. The van der Waals surface area contributed by atoms with Crippen LogP contribution in [0.25, 0.3) is 0 Å². The smallest absolute Gasteiger partial charge is 0.233 e. The van der Waals surface area contributed by atoms with Crippen molar-refractivity contribution < 1.29 is 14.4 Å². The van der Waals surface area contributed by atoms with E-state index in [2.05, 4.69) is 22.5 Å². The number of hydrogen-bond acceptors (Lipinski definition) is 4. The van der Waals surface area contributed by atoms with Crippen LogP contribution in [0.2, 0.25) is 0 Å². The number of allylic oxidation sites excluding steroid dienone is 2. The van der Waals surface area contributed by atoms with Crippen molar-refractivity contribution in [2.45, 2.75) is 44.6 Å². The van der Waals surface area contributed by atoms with Crippen LogP contribution in [0, 0.1) is 41.4 Å². The minimum absolute atomic E-state index is 0.0328. The molecule has 5 aliphatic carbocycles. The number of carbonyl (C=O) groups excluding carboxylic acids is 3. The van der Waals surface area contributed by atoms with Crippen LogP contribution >= 0.6 is 0 Å². The third-order valence-corrected chi connectivity index (χ3v) is 9.51. The molecular formula is C30H31N3O3. The average molecular weight is 482 g/mol. The van der Waals surface area contributed by atoms with E-state index in [-0.39, 0.29) is 53.4 Å². The number of nitrogens with zero attached hydrogens (tertiary/aromatic N) is 2. The Labute approximate surface area is 211 Å². The standard InChI is InChI=1S/C30H31N3O3/c34-28(32-20-5-1-17(2-6-20)15-18-11-13-31-14-12-18)19-3-7-21(8-4-19)33-29(35)26-22-9-10-23(25-16-24(22)25)27(26)30(33)36/h1-2,5-6,9-14,19,21-27H,3-4,7-8,15-16H2,(H,32,34)/t19?,21?,22-,23-,24-,25+,26+,27+/m1/s1. The van der Waals surface area contributed by atoms with Gasteiger partial charge in [-0.2, -0.15) is 0 Å². The minimum Gasteiger partial charge on any atom is -0.326 e. The molecule has 1 aliphatic heterocycles.